The minimum absolute atomic E-state index is 0.127. The van der Waals surface area contributed by atoms with E-state index in [0.717, 1.165) is 12.8 Å². The number of carbonyl (C=O) groups excluding carboxylic acids is 2. The second kappa shape index (κ2) is 8.40. The van der Waals surface area contributed by atoms with Crippen molar-refractivity contribution in [3.63, 3.8) is 0 Å². The van der Waals surface area contributed by atoms with E-state index >= 15 is 0 Å². The van der Waals surface area contributed by atoms with Gasteiger partial charge in [0.25, 0.3) is 0 Å². The van der Waals surface area contributed by atoms with Crippen LogP contribution < -0.4 is 0 Å². The fourth-order valence-corrected chi connectivity index (χ4v) is 3.32. The van der Waals surface area contributed by atoms with Gasteiger partial charge in [0.05, 0.1) is 13.2 Å². The van der Waals surface area contributed by atoms with Gasteiger partial charge in [-0.3, -0.25) is 9.59 Å². The number of rotatable bonds is 7. The summed E-state index contributed by atoms with van der Waals surface area (Å²) in [6.07, 6.45) is 6.36. The van der Waals surface area contributed by atoms with Crippen molar-refractivity contribution in [2.75, 3.05) is 13.2 Å². The molecule has 1 saturated carbocycles. The molecule has 0 amide bonds. The molecule has 0 N–H and O–H groups in total. The van der Waals surface area contributed by atoms with Crippen molar-refractivity contribution in [1.29, 1.82) is 0 Å². The van der Waals surface area contributed by atoms with Crippen LogP contribution >= 0.6 is 0 Å². The lowest BCUT2D eigenvalue weighted by molar-refractivity contribution is -0.178. The highest BCUT2D eigenvalue weighted by Gasteiger charge is 2.52. The zero-order valence-corrected chi connectivity index (χ0v) is 13.9. The van der Waals surface area contributed by atoms with E-state index in [1.165, 1.54) is 19.3 Å². The second-order valence-electron chi connectivity index (χ2n) is 6.28. The van der Waals surface area contributed by atoms with Gasteiger partial charge in [0.2, 0.25) is 0 Å². The quantitative estimate of drug-likeness (QED) is 0.531. The molecule has 0 aliphatic heterocycles. The molecule has 0 atom stereocenters. The van der Waals surface area contributed by atoms with Crippen molar-refractivity contribution in [2.24, 2.45) is 17.3 Å². The molecule has 0 aromatic heterocycles. The van der Waals surface area contributed by atoms with Crippen molar-refractivity contribution in [3.05, 3.63) is 0 Å². The van der Waals surface area contributed by atoms with Crippen molar-refractivity contribution in [1.82, 2.24) is 0 Å². The second-order valence-corrected chi connectivity index (χ2v) is 6.28. The van der Waals surface area contributed by atoms with Crippen LogP contribution in [0.2, 0.25) is 0 Å². The molecular weight excluding hydrogens is 268 g/mol. The van der Waals surface area contributed by atoms with E-state index in [4.69, 9.17) is 9.47 Å². The van der Waals surface area contributed by atoms with Gasteiger partial charge in [0.1, 0.15) is 0 Å². The molecule has 0 unspecified atom stereocenters. The Morgan fingerprint density at radius 3 is 1.86 bits per heavy atom. The van der Waals surface area contributed by atoms with Crippen molar-refractivity contribution in [2.45, 2.75) is 66.2 Å². The van der Waals surface area contributed by atoms with Crippen molar-refractivity contribution in [3.8, 4) is 0 Å². The molecule has 0 saturated heterocycles. The third-order valence-electron chi connectivity index (χ3n) is 4.60. The van der Waals surface area contributed by atoms with E-state index in [0.29, 0.717) is 12.3 Å². The molecule has 0 heterocycles. The van der Waals surface area contributed by atoms with Crippen LogP contribution in [0.1, 0.15) is 66.2 Å². The first-order chi connectivity index (χ1) is 9.98. The maximum absolute atomic E-state index is 12.6. The fraction of sp³-hybridized carbons (Fsp3) is 0.882. The van der Waals surface area contributed by atoms with Gasteiger partial charge in [-0.15, -0.1) is 0 Å². The molecule has 0 aromatic carbocycles. The summed E-state index contributed by atoms with van der Waals surface area (Å²) >= 11 is 0. The van der Waals surface area contributed by atoms with Gasteiger partial charge in [-0.25, -0.2) is 0 Å². The third kappa shape index (κ3) is 4.21. The molecule has 4 nitrogen and oxygen atoms in total. The summed E-state index contributed by atoms with van der Waals surface area (Å²) in [5.41, 5.74) is -1.14. The molecule has 1 fully saturated rings. The Kier molecular flexibility index (Phi) is 7.20. The maximum Gasteiger partial charge on any atom is 0.323 e. The molecule has 122 valence electrons. The minimum Gasteiger partial charge on any atom is -0.465 e. The summed E-state index contributed by atoms with van der Waals surface area (Å²) in [6, 6.07) is 0. The Morgan fingerprint density at radius 2 is 1.48 bits per heavy atom. The Labute approximate surface area is 128 Å². The zero-order valence-electron chi connectivity index (χ0n) is 13.9. The Hall–Kier alpha value is -1.06. The predicted octanol–water partition coefficient (Wildman–Crippen LogP) is 3.73. The first-order valence-corrected chi connectivity index (χ1v) is 8.33. The lowest BCUT2D eigenvalue weighted by Crippen LogP contribution is -2.47. The van der Waals surface area contributed by atoms with Crippen LogP contribution in [0.5, 0.6) is 0 Å². The van der Waals surface area contributed by atoms with E-state index in [2.05, 4.69) is 0 Å². The molecule has 4 heteroatoms. The van der Waals surface area contributed by atoms with Crippen molar-refractivity contribution >= 4 is 11.9 Å². The highest BCUT2D eigenvalue weighted by molar-refractivity contribution is 6.00. The Balaban J connectivity index is 3.03. The average molecular weight is 298 g/mol. The summed E-state index contributed by atoms with van der Waals surface area (Å²) in [6.45, 7) is 7.95. The van der Waals surface area contributed by atoms with Crippen LogP contribution in [-0.2, 0) is 19.1 Å². The van der Waals surface area contributed by atoms with E-state index in [-0.39, 0.29) is 19.1 Å². The van der Waals surface area contributed by atoms with E-state index in [1.54, 1.807) is 13.8 Å². The number of hydrogen-bond acceptors (Lipinski definition) is 4. The lowest BCUT2D eigenvalue weighted by Gasteiger charge is -2.36. The lowest BCUT2D eigenvalue weighted by atomic mass is 9.68. The average Bonchev–Trinajstić information content (AvgIpc) is 2.45. The summed E-state index contributed by atoms with van der Waals surface area (Å²) < 4.78 is 10.5. The van der Waals surface area contributed by atoms with Gasteiger partial charge in [0, 0.05) is 0 Å². The highest BCUT2D eigenvalue weighted by Crippen LogP contribution is 2.42. The van der Waals surface area contributed by atoms with E-state index in [1.807, 2.05) is 13.8 Å². The van der Waals surface area contributed by atoms with Crippen LogP contribution in [0.3, 0.4) is 0 Å². The van der Waals surface area contributed by atoms with Crippen LogP contribution in [0.15, 0.2) is 0 Å². The monoisotopic (exact) mass is 298 g/mol. The summed E-state index contributed by atoms with van der Waals surface area (Å²) in [7, 11) is 0. The van der Waals surface area contributed by atoms with Gasteiger partial charge in [-0.1, -0.05) is 46.0 Å². The van der Waals surface area contributed by atoms with Crippen molar-refractivity contribution < 1.29 is 19.1 Å². The smallest absolute Gasteiger partial charge is 0.323 e. The first-order valence-electron chi connectivity index (χ1n) is 8.33. The third-order valence-corrected chi connectivity index (χ3v) is 4.60. The number of ether oxygens (including phenoxy) is 2. The van der Waals surface area contributed by atoms with Crippen LogP contribution in [0.25, 0.3) is 0 Å². The molecule has 0 spiro atoms. The molecule has 21 heavy (non-hydrogen) atoms. The molecule has 0 bridgehead atoms. The van der Waals surface area contributed by atoms with Gasteiger partial charge in [0.15, 0.2) is 5.41 Å². The Bertz CT molecular complexity index is 325. The Morgan fingerprint density at radius 1 is 1.00 bits per heavy atom. The SMILES string of the molecule is CCOC(=O)C(CC1CCCCC1)(C(=O)OCC)C(C)C. The summed E-state index contributed by atoms with van der Waals surface area (Å²) in [5.74, 6) is -0.541. The molecule has 0 aromatic rings. The van der Waals surface area contributed by atoms with Crippen LogP contribution in [0, 0.1) is 17.3 Å². The molecule has 0 radical (unpaired) electrons. The van der Waals surface area contributed by atoms with Gasteiger partial charge >= 0.3 is 11.9 Å². The normalized spacial score (nSPS) is 16.8. The number of esters is 2. The van der Waals surface area contributed by atoms with Crippen LogP contribution in [0.4, 0.5) is 0 Å². The van der Waals surface area contributed by atoms with Crippen LogP contribution in [-0.4, -0.2) is 25.2 Å². The number of hydrogen-bond donors (Lipinski definition) is 0. The fourth-order valence-electron chi connectivity index (χ4n) is 3.32. The van der Waals surface area contributed by atoms with Gasteiger partial charge in [-0.05, 0) is 32.1 Å². The predicted molar refractivity (Wildman–Crippen MR) is 81.7 cm³/mol. The topological polar surface area (TPSA) is 52.6 Å². The zero-order chi connectivity index (χ0) is 15.9. The molecule has 1 rings (SSSR count). The highest BCUT2D eigenvalue weighted by atomic mass is 16.6. The largest absolute Gasteiger partial charge is 0.465 e. The molecular formula is C17H30O4. The first kappa shape index (κ1) is 18.0. The number of carbonyl (C=O) groups is 2. The van der Waals surface area contributed by atoms with E-state index < -0.39 is 17.4 Å². The van der Waals surface area contributed by atoms with Gasteiger partial charge in [-0.2, -0.15) is 0 Å². The molecule has 1 aliphatic rings. The summed E-state index contributed by atoms with van der Waals surface area (Å²) in [4.78, 5) is 25.1. The van der Waals surface area contributed by atoms with Gasteiger partial charge < -0.3 is 9.47 Å². The maximum atomic E-state index is 12.6. The minimum atomic E-state index is -1.14. The standard InChI is InChI=1S/C17H30O4/c1-5-20-15(18)17(13(3)4,16(19)21-6-2)12-14-10-8-7-9-11-14/h13-14H,5-12H2,1-4H3. The van der Waals surface area contributed by atoms with E-state index in [9.17, 15) is 9.59 Å². The summed E-state index contributed by atoms with van der Waals surface area (Å²) in [5, 5.41) is 0. The molecule has 1 aliphatic carbocycles.